The molecule has 0 bridgehead atoms. The maximum Gasteiger partial charge on any atom is 0.326 e. The van der Waals surface area contributed by atoms with E-state index in [-0.39, 0.29) is 31.2 Å². The molecule has 90 valence electrons. The zero-order valence-electron chi connectivity index (χ0n) is 9.23. The van der Waals surface area contributed by atoms with Crippen LogP contribution in [-0.2, 0) is 14.4 Å². The molecule has 6 heteroatoms. The number of carboxylic acids is 1. The van der Waals surface area contributed by atoms with Gasteiger partial charge in [-0.2, -0.15) is 0 Å². The summed E-state index contributed by atoms with van der Waals surface area (Å²) >= 11 is 0. The molecule has 0 spiro atoms. The van der Waals surface area contributed by atoms with Crippen LogP contribution in [0.4, 0.5) is 0 Å². The number of rotatable bonds is 5. The average Bonchev–Trinajstić information content (AvgIpc) is 2.57. The van der Waals surface area contributed by atoms with E-state index >= 15 is 0 Å². The van der Waals surface area contributed by atoms with Crippen LogP contribution in [0.15, 0.2) is 0 Å². The number of aliphatic carboxylic acids is 1. The molecular weight excluding hydrogens is 212 g/mol. The molecule has 0 radical (unpaired) electrons. The van der Waals surface area contributed by atoms with E-state index in [1.165, 1.54) is 4.90 Å². The van der Waals surface area contributed by atoms with E-state index in [1.54, 1.807) is 6.92 Å². The number of carboxylic acid groups (broad SMARTS) is 1. The monoisotopic (exact) mass is 228 g/mol. The van der Waals surface area contributed by atoms with Gasteiger partial charge in [0.25, 0.3) is 0 Å². The Balaban J connectivity index is 2.47. The number of nitrogens with one attached hydrogen (secondary N) is 1. The van der Waals surface area contributed by atoms with Crippen LogP contribution in [0.1, 0.15) is 26.2 Å². The number of likely N-dealkylation sites (tertiary alicyclic amines) is 1. The first kappa shape index (κ1) is 12.5. The molecule has 1 atom stereocenters. The lowest BCUT2D eigenvalue weighted by Gasteiger charge is -2.20. The lowest BCUT2D eigenvalue weighted by Crippen LogP contribution is -2.40. The molecule has 1 saturated heterocycles. The second-order valence-corrected chi connectivity index (χ2v) is 3.68. The molecule has 1 rings (SSSR count). The quantitative estimate of drug-likeness (QED) is 0.669. The molecule has 6 nitrogen and oxygen atoms in total. The number of amides is 2. The first-order valence-corrected chi connectivity index (χ1v) is 5.35. The third-order valence-electron chi connectivity index (χ3n) is 2.57. The molecule has 0 aliphatic carbocycles. The summed E-state index contributed by atoms with van der Waals surface area (Å²) in [5.74, 6) is -1.34. The number of carbonyl (C=O) groups excluding carboxylic acids is 2. The van der Waals surface area contributed by atoms with Crippen LogP contribution in [0.2, 0.25) is 0 Å². The summed E-state index contributed by atoms with van der Waals surface area (Å²) in [6, 6.07) is -0.762. The van der Waals surface area contributed by atoms with Gasteiger partial charge in [0, 0.05) is 25.9 Å². The molecule has 0 saturated carbocycles. The summed E-state index contributed by atoms with van der Waals surface area (Å²) in [6.45, 7) is 2.52. The Morgan fingerprint density at radius 2 is 2.25 bits per heavy atom. The van der Waals surface area contributed by atoms with E-state index < -0.39 is 12.0 Å². The van der Waals surface area contributed by atoms with Crippen molar-refractivity contribution in [3.63, 3.8) is 0 Å². The predicted octanol–water partition coefficient (Wildman–Crippen LogP) is -0.412. The van der Waals surface area contributed by atoms with Crippen molar-refractivity contribution in [3.05, 3.63) is 0 Å². The maximum atomic E-state index is 11.4. The van der Waals surface area contributed by atoms with Crippen LogP contribution in [-0.4, -0.2) is 46.9 Å². The largest absolute Gasteiger partial charge is 0.480 e. The van der Waals surface area contributed by atoms with Crippen molar-refractivity contribution in [2.24, 2.45) is 0 Å². The summed E-state index contributed by atoms with van der Waals surface area (Å²) in [7, 11) is 0. The van der Waals surface area contributed by atoms with Crippen molar-refractivity contribution in [2.75, 3.05) is 13.1 Å². The maximum absolute atomic E-state index is 11.4. The molecule has 0 aromatic heterocycles. The molecule has 1 unspecified atom stereocenters. The fraction of sp³-hybridized carbons (Fsp3) is 0.700. The highest BCUT2D eigenvalue weighted by molar-refractivity contribution is 5.87. The number of hydrogen-bond donors (Lipinski definition) is 2. The molecule has 1 aliphatic heterocycles. The molecule has 0 aromatic carbocycles. The highest BCUT2D eigenvalue weighted by Crippen LogP contribution is 2.18. The van der Waals surface area contributed by atoms with Crippen LogP contribution in [0, 0.1) is 0 Å². The van der Waals surface area contributed by atoms with Gasteiger partial charge >= 0.3 is 5.97 Å². The molecule has 1 aliphatic rings. The molecule has 1 heterocycles. The molecular formula is C10H16N2O4. The summed E-state index contributed by atoms with van der Waals surface area (Å²) in [6.07, 6.45) is 0.749. The Morgan fingerprint density at radius 1 is 1.56 bits per heavy atom. The topological polar surface area (TPSA) is 86.7 Å². The highest BCUT2D eigenvalue weighted by Gasteiger charge is 2.35. The molecule has 16 heavy (non-hydrogen) atoms. The summed E-state index contributed by atoms with van der Waals surface area (Å²) in [4.78, 5) is 34.7. The standard InChI is InChI=1S/C10H16N2O4/c1-2-11-8(13)5-6-12-7(10(15)16)3-4-9(12)14/h7H,2-6H2,1H3,(H,11,13)(H,15,16). The van der Waals surface area contributed by atoms with Crippen LogP contribution in [0.5, 0.6) is 0 Å². The summed E-state index contributed by atoms with van der Waals surface area (Å²) in [5, 5.41) is 11.5. The van der Waals surface area contributed by atoms with Crippen molar-refractivity contribution in [3.8, 4) is 0 Å². The minimum atomic E-state index is -0.998. The van der Waals surface area contributed by atoms with E-state index in [2.05, 4.69) is 5.32 Å². The summed E-state index contributed by atoms with van der Waals surface area (Å²) in [5.41, 5.74) is 0. The number of hydrogen-bond acceptors (Lipinski definition) is 3. The number of nitrogens with zero attached hydrogens (tertiary/aromatic N) is 1. The highest BCUT2D eigenvalue weighted by atomic mass is 16.4. The fourth-order valence-corrected chi connectivity index (χ4v) is 1.78. The summed E-state index contributed by atoms with van der Waals surface area (Å²) < 4.78 is 0. The van der Waals surface area contributed by atoms with Gasteiger partial charge in [0.05, 0.1) is 0 Å². The van der Waals surface area contributed by atoms with E-state index in [0.29, 0.717) is 13.0 Å². The number of carbonyl (C=O) groups is 3. The van der Waals surface area contributed by atoms with Crippen molar-refractivity contribution >= 4 is 17.8 Å². The minimum absolute atomic E-state index is 0.156. The first-order valence-electron chi connectivity index (χ1n) is 5.35. The van der Waals surface area contributed by atoms with Crippen molar-refractivity contribution in [1.29, 1.82) is 0 Å². The minimum Gasteiger partial charge on any atom is -0.480 e. The van der Waals surface area contributed by atoms with E-state index in [1.807, 2.05) is 0 Å². The fourth-order valence-electron chi connectivity index (χ4n) is 1.78. The van der Waals surface area contributed by atoms with Gasteiger partial charge < -0.3 is 15.3 Å². The van der Waals surface area contributed by atoms with Gasteiger partial charge in [0.15, 0.2) is 0 Å². The van der Waals surface area contributed by atoms with Crippen molar-refractivity contribution in [1.82, 2.24) is 10.2 Å². The van der Waals surface area contributed by atoms with Gasteiger partial charge in [-0.05, 0) is 13.3 Å². The van der Waals surface area contributed by atoms with E-state index in [4.69, 9.17) is 5.11 Å². The Morgan fingerprint density at radius 3 is 2.81 bits per heavy atom. The Kier molecular flexibility index (Phi) is 4.28. The Hall–Kier alpha value is -1.59. The third-order valence-corrected chi connectivity index (χ3v) is 2.57. The Labute approximate surface area is 93.6 Å². The smallest absolute Gasteiger partial charge is 0.326 e. The van der Waals surface area contributed by atoms with Gasteiger partial charge in [-0.25, -0.2) is 4.79 Å². The average molecular weight is 228 g/mol. The lowest BCUT2D eigenvalue weighted by molar-refractivity contribution is -0.146. The van der Waals surface area contributed by atoms with Crippen molar-refractivity contribution < 1.29 is 19.5 Å². The normalized spacial score (nSPS) is 19.9. The van der Waals surface area contributed by atoms with Crippen molar-refractivity contribution in [2.45, 2.75) is 32.2 Å². The zero-order chi connectivity index (χ0) is 12.1. The lowest BCUT2D eigenvalue weighted by atomic mass is 10.2. The van der Waals surface area contributed by atoms with Gasteiger partial charge in [0.2, 0.25) is 11.8 Å². The molecule has 1 fully saturated rings. The van der Waals surface area contributed by atoms with Gasteiger partial charge in [-0.1, -0.05) is 0 Å². The SMILES string of the molecule is CCNC(=O)CCN1C(=O)CCC1C(=O)O. The zero-order valence-corrected chi connectivity index (χ0v) is 9.23. The van der Waals surface area contributed by atoms with E-state index in [0.717, 1.165) is 0 Å². The van der Waals surface area contributed by atoms with Crippen LogP contribution in [0.25, 0.3) is 0 Å². The predicted molar refractivity (Wildman–Crippen MR) is 55.7 cm³/mol. The van der Waals surface area contributed by atoms with Gasteiger partial charge in [0.1, 0.15) is 6.04 Å². The van der Waals surface area contributed by atoms with Crippen LogP contribution in [0.3, 0.4) is 0 Å². The van der Waals surface area contributed by atoms with Gasteiger partial charge in [-0.15, -0.1) is 0 Å². The first-order chi connectivity index (χ1) is 7.56. The molecule has 0 aromatic rings. The van der Waals surface area contributed by atoms with Crippen LogP contribution >= 0.6 is 0 Å². The third kappa shape index (κ3) is 2.95. The van der Waals surface area contributed by atoms with Gasteiger partial charge in [-0.3, -0.25) is 9.59 Å². The Bertz CT molecular complexity index is 303. The van der Waals surface area contributed by atoms with Crippen LogP contribution < -0.4 is 5.32 Å². The van der Waals surface area contributed by atoms with E-state index in [9.17, 15) is 14.4 Å². The second kappa shape index (κ2) is 5.48. The molecule has 2 amide bonds. The molecule has 2 N–H and O–H groups in total. The second-order valence-electron chi connectivity index (χ2n) is 3.68.